The number of aromatic nitrogens is 1. The Morgan fingerprint density at radius 3 is 2.80 bits per heavy atom. The molecule has 4 nitrogen and oxygen atoms in total. The average molecular weight is 270 g/mol. The summed E-state index contributed by atoms with van der Waals surface area (Å²) >= 11 is 0. The number of hydrogen-bond acceptors (Lipinski definition) is 4. The Morgan fingerprint density at radius 1 is 1.00 bits per heavy atom. The van der Waals surface area contributed by atoms with Crippen LogP contribution in [-0.4, -0.2) is 49.2 Å². The van der Waals surface area contributed by atoms with Gasteiger partial charge < -0.3 is 15.5 Å². The second-order valence-corrected chi connectivity index (χ2v) is 5.33. The van der Waals surface area contributed by atoms with E-state index in [0.717, 1.165) is 50.6 Å². The maximum atomic E-state index is 5.65. The first kappa shape index (κ1) is 13.3. The molecule has 1 fully saturated rings. The molecule has 0 spiro atoms. The van der Waals surface area contributed by atoms with Gasteiger partial charge >= 0.3 is 0 Å². The van der Waals surface area contributed by atoms with Crippen molar-refractivity contribution in [3.8, 4) is 0 Å². The number of pyridine rings is 1. The van der Waals surface area contributed by atoms with Crippen LogP contribution in [0.25, 0.3) is 10.9 Å². The molecule has 0 saturated carbocycles. The quantitative estimate of drug-likeness (QED) is 0.922. The number of nitrogens with zero attached hydrogens (tertiary/aromatic N) is 3. The maximum Gasteiger partial charge on any atom is 0.129 e. The highest BCUT2D eigenvalue weighted by atomic mass is 15.2. The third-order valence-electron chi connectivity index (χ3n) is 3.94. The first-order valence-electron chi connectivity index (χ1n) is 7.40. The first-order valence-corrected chi connectivity index (χ1v) is 7.40. The van der Waals surface area contributed by atoms with Crippen LogP contribution in [0.15, 0.2) is 36.4 Å². The summed E-state index contributed by atoms with van der Waals surface area (Å²) in [4.78, 5) is 9.63. The largest absolute Gasteiger partial charge is 0.355 e. The summed E-state index contributed by atoms with van der Waals surface area (Å²) in [6.45, 7) is 6.07. The van der Waals surface area contributed by atoms with Crippen LogP contribution in [0.2, 0.25) is 0 Å². The minimum absolute atomic E-state index is 0.744. The SMILES string of the molecule is NCCN1CCCN(c2ccc3ccccc3n2)CC1. The zero-order valence-electron chi connectivity index (χ0n) is 11.8. The van der Waals surface area contributed by atoms with Crippen LogP contribution in [0.1, 0.15) is 6.42 Å². The van der Waals surface area contributed by atoms with Crippen LogP contribution in [0.5, 0.6) is 0 Å². The van der Waals surface area contributed by atoms with E-state index < -0.39 is 0 Å². The van der Waals surface area contributed by atoms with Crippen LogP contribution in [0, 0.1) is 0 Å². The van der Waals surface area contributed by atoms with Crippen molar-refractivity contribution >= 4 is 16.7 Å². The van der Waals surface area contributed by atoms with Gasteiger partial charge in [-0.25, -0.2) is 4.98 Å². The number of para-hydroxylation sites is 1. The highest BCUT2D eigenvalue weighted by molar-refractivity contribution is 5.80. The third kappa shape index (κ3) is 2.92. The molecule has 0 unspecified atom stereocenters. The van der Waals surface area contributed by atoms with Crippen LogP contribution in [0.3, 0.4) is 0 Å². The van der Waals surface area contributed by atoms with Gasteiger partial charge in [0.2, 0.25) is 0 Å². The molecular weight excluding hydrogens is 248 g/mol. The number of nitrogens with two attached hydrogens (primary N) is 1. The first-order chi connectivity index (χ1) is 9.86. The second kappa shape index (κ2) is 6.20. The fourth-order valence-electron chi connectivity index (χ4n) is 2.84. The lowest BCUT2D eigenvalue weighted by molar-refractivity contribution is 0.302. The van der Waals surface area contributed by atoms with Gasteiger partial charge in [0.15, 0.2) is 0 Å². The molecule has 0 radical (unpaired) electrons. The van der Waals surface area contributed by atoms with Crippen molar-refractivity contribution in [1.82, 2.24) is 9.88 Å². The molecule has 2 aromatic rings. The predicted molar refractivity (Wildman–Crippen MR) is 84.1 cm³/mol. The van der Waals surface area contributed by atoms with E-state index in [1.807, 2.05) is 6.07 Å². The topological polar surface area (TPSA) is 45.4 Å². The Morgan fingerprint density at radius 2 is 1.90 bits per heavy atom. The summed E-state index contributed by atoms with van der Waals surface area (Å²) in [5, 5.41) is 1.20. The van der Waals surface area contributed by atoms with E-state index in [0.29, 0.717) is 0 Å². The van der Waals surface area contributed by atoms with Gasteiger partial charge in [0, 0.05) is 38.1 Å². The van der Waals surface area contributed by atoms with E-state index in [1.165, 1.54) is 11.8 Å². The minimum atomic E-state index is 0.744. The van der Waals surface area contributed by atoms with E-state index in [9.17, 15) is 0 Å². The van der Waals surface area contributed by atoms with Crippen molar-refractivity contribution in [3.05, 3.63) is 36.4 Å². The van der Waals surface area contributed by atoms with Crippen LogP contribution >= 0.6 is 0 Å². The molecule has 1 aromatic heterocycles. The molecule has 1 aromatic carbocycles. The maximum absolute atomic E-state index is 5.65. The molecule has 1 aliphatic rings. The zero-order valence-corrected chi connectivity index (χ0v) is 11.8. The zero-order chi connectivity index (χ0) is 13.8. The summed E-state index contributed by atoms with van der Waals surface area (Å²) in [6.07, 6.45) is 1.18. The Kier molecular flexibility index (Phi) is 4.14. The van der Waals surface area contributed by atoms with Gasteiger partial charge in [0.25, 0.3) is 0 Å². The summed E-state index contributed by atoms with van der Waals surface area (Å²) in [7, 11) is 0. The Bertz CT molecular complexity index is 569. The smallest absolute Gasteiger partial charge is 0.129 e. The fourth-order valence-corrected chi connectivity index (χ4v) is 2.84. The molecule has 0 atom stereocenters. The summed E-state index contributed by atoms with van der Waals surface area (Å²) < 4.78 is 0. The number of benzene rings is 1. The molecular formula is C16H22N4. The molecule has 2 N–H and O–H groups in total. The number of fused-ring (bicyclic) bond motifs is 1. The average Bonchev–Trinajstić information content (AvgIpc) is 2.73. The van der Waals surface area contributed by atoms with Gasteiger partial charge in [-0.2, -0.15) is 0 Å². The van der Waals surface area contributed by atoms with Gasteiger partial charge in [0.05, 0.1) is 5.52 Å². The molecule has 0 amide bonds. The van der Waals surface area contributed by atoms with Crippen molar-refractivity contribution in [1.29, 1.82) is 0 Å². The molecule has 1 saturated heterocycles. The number of anilines is 1. The van der Waals surface area contributed by atoms with E-state index in [1.54, 1.807) is 0 Å². The Labute approximate surface area is 120 Å². The van der Waals surface area contributed by atoms with E-state index in [2.05, 4.69) is 40.1 Å². The van der Waals surface area contributed by atoms with E-state index in [-0.39, 0.29) is 0 Å². The number of rotatable bonds is 3. The van der Waals surface area contributed by atoms with Gasteiger partial charge in [-0.05, 0) is 31.2 Å². The Balaban J connectivity index is 1.77. The predicted octanol–water partition coefficient (Wildman–Crippen LogP) is 1.71. The van der Waals surface area contributed by atoms with E-state index >= 15 is 0 Å². The Hall–Kier alpha value is -1.65. The highest BCUT2D eigenvalue weighted by Gasteiger charge is 2.15. The third-order valence-corrected chi connectivity index (χ3v) is 3.94. The van der Waals surface area contributed by atoms with Crippen molar-refractivity contribution in [2.24, 2.45) is 5.73 Å². The van der Waals surface area contributed by atoms with Crippen LogP contribution in [0.4, 0.5) is 5.82 Å². The van der Waals surface area contributed by atoms with Gasteiger partial charge in [0.1, 0.15) is 5.82 Å². The van der Waals surface area contributed by atoms with Crippen molar-refractivity contribution in [3.63, 3.8) is 0 Å². The van der Waals surface area contributed by atoms with Gasteiger partial charge in [-0.15, -0.1) is 0 Å². The molecule has 0 bridgehead atoms. The fraction of sp³-hybridized carbons (Fsp3) is 0.438. The lowest BCUT2D eigenvalue weighted by Gasteiger charge is -2.22. The summed E-state index contributed by atoms with van der Waals surface area (Å²) in [5.74, 6) is 1.10. The molecule has 4 heteroatoms. The molecule has 1 aliphatic heterocycles. The van der Waals surface area contributed by atoms with Gasteiger partial charge in [-0.1, -0.05) is 18.2 Å². The van der Waals surface area contributed by atoms with E-state index in [4.69, 9.17) is 10.7 Å². The number of hydrogen-bond donors (Lipinski definition) is 1. The normalized spacial score (nSPS) is 17.4. The molecule has 3 rings (SSSR count). The summed E-state index contributed by atoms with van der Waals surface area (Å²) in [6, 6.07) is 12.6. The van der Waals surface area contributed by atoms with Crippen molar-refractivity contribution < 1.29 is 0 Å². The highest BCUT2D eigenvalue weighted by Crippen LogP contribution is 2.19. The molecule has 2 heterocycles. The second-order valence-electron chi connectivity index (χ2n) is 5.33. The van der Waals surface area contributed by atoms with Crippen molar-refractivity contribution in [2.45, 2.75) is 6.42 Å². The lowest BCUT2D eigenvalue weighted by Crippen LogP contribution is -2.34. The van der Waals surface area contributed by atoms with Crippen LogP contribution in [-0.2, 0) is 0 Å². The summed E-state index contributed by atoms with van der Waals surface area (Å²) in [5.41, 5.74) is 6.73. The molecule has 0 aliphatic carbocycles. The molecule has 106 valence electrons. The minimum Gasteiger partial charge on any atom is -0.355 e. The lowest BCUT2D eigenvalue weighted by atomic mass is 10.2. The monoisotopic (exact) mass is 270 g/mol. The van der Waals surface area contributed by atoms with Crippen molar-refractivity contribution in [2.75, 3.05) is 44.2 Å². The van der Waals surface area contributed by atoms with Crippen LogP contribution < -0.4 is 10.6 Å². The van der Waals surface area contributed by atoms with Gasteiger partial charge in [-0.3, -0.25) is 0 Å². The molecule has 20 heavy (non-hydrogen) atoms. The standard InChI is InChI=1S/C16H22N4/c17-8-11-19-9-3-10-20(13-12-19)16-7-6-14-4-1-2-5-15(14)18-16/h1-2,4-7H,3,8-13,17H2.